The van der Waals surface area contributed by atoms with Gasteiger partial charge in [-0.25, -0.2) is 15.0 Å². The van der Waals surface area contributed by atoms with E-state index < -0.39 is 11.9 Å². The Hall–Kier alpha value is -3.34. The molecule has 1 aromatic carbocycles. The zero-order valence-electron chi connectivity index (χ0n) is 15.6. The largest absolute Gasteiger partial charge is 0.433 e. The molecule has 3 aromatic heterocycles. The second kappa shape index (κ2) is 8.19. The highest BCUT2D eigenvalue weighted by Gasteiger charge is 2.32. The van der Waals surface area contributed by atoms with Crippen LogP contribution in [-0.4, -0.2) is 25.1 Å². The number of rotatable bonds is 6. The molecule has 0 amide bonds. The van der Waals surface area contributed by atoms with Gasteiger partial charge in [0.15, 0.2) is 0 Å². The van der Waals surface area contributed by atoms with Crippen LogP contribution in [0.15, 0.2) is 47.5 Å². The molecule has 0 aliphatic heterocycles. The first-order valence-corrected chi connectivity index (χ1v) is 9.67. The summed E-state index contributed by atoms with van der Waals surface area (Å²) in [6, 6.07) is 6.45. The lowest BCUT2D eigenvalue weighted by Gasteiger charge is -2.10. The molecule has 154 valence electrons. The number of alkyl halides is 3. The Bertz CT molecular complexity index is 1140. The maximum Gasteiger partial charge on any atom is 0.433 e. The van der Waals surface area contributed by atoms with Crippen molar-refractivity contribution in [1.82, 2.24) is 25.1 Å². The molecule has 0 atom stereocenters. The minimum atomic E-state index is -4.53. The molecule has 1 N–H and O–H groups in total. The van der Waals surface area contributed by atoms with Crippen LogP contribution in [0.2, 0.25) is 0 Å². The molecule has 3 heterocycles. The van der Waals surface area contributed by atoms with E-state index in [4.69, 9.17) is 4.42 Å². The summed E-state index contributed by atoms with van der Waals surface area (Å²) in [6.07, 6.45) is 0.874. The Balaban J connectivity index is 1.52. The first-order valence-electron chi connectivity index (χ1n) is 8.86. The molecule has 0 saturated carbocycles. The summed E-state index contributed by atoms with van der Waals surface area (Å²) < 4.78 is 43.8. The van der Waals surface area contributed by atoms with Gasteiger partial charge in [0, 0.05) is 30.9 Å². The summed E-state index contributed by atoms with van der Waals surface area (Å²) in [5.74, 6) is 0.431. The number of hydrogen-bond acceptors (Lipinski definition) is 8. The van der Waals surface area contributed by atoms with Crippen molar-refractivity contribution >= 4 is 23.0 Å². The molecule has 0 saturated heterocycles. The van der Waals surface area contributed by atoms with E-state index in [-0.39, 0.29) is 5.95 Å². The molecule has 7 nitrogen and oxygen atoms in total. The van der Waals surface area contributed by atoms with Crippen LogP contribution in [0, 0.1) is 6.92 Å². The number of halogens is 3. The van der Waals surface area contributed by atoms with Crippen LogP contribution in [0.3, 0.4) is 0 Å². The Morgan fingerprint density at radius 2 is 2.00 bits per heavy atom. The van der Waals surface area contributed by atoms with E-state index in [1.807, 2.05) is 25.1 Å². The van der Waals surface area contributed by atoms with Crippen LogP contribution in [0.4, 0.5) is 24.8 Å². The van der Waals surface area contributed by atoms with E-state index in [1.165, 1.54) is 17.7 Å². The molecule has 11 heteroatoms. The predicted molar refractivity (Wildman–Crippen MR) is 104 cm³/mol. The maximum atomic E-state index is 12.9. The van der Waals surface area contributed by atoms with Crippen molar-refractivity contribution in [2.75, 3.05) is 5.32 Å². The zero-order valence-corrected chi connectivity index (χ0v) is 16.5. The molecule has 0 spiro atoms. The van der Waals surface area contributed by atoms with Gasteiger partial charge >= 0.3 is 6.18 Å². The molecule has 0 unspecified atom stereocenters. The van der Waals surface area contributed by atoms with E-state index in [1.54, 1.807) is 6.20 Å². The number of nitrogens with zero attached hydrogens (tertiary/aromatic N) is 5. The zero-order chi connectivity index (χ0) is 21.1. The van der Waals surface area contributed by atoms with Crippen LogP contribution in [0.1, 0.15) is 22.2 Å². The van der Waals surface area contributed by atoms with Crippen molar-refractivity contribution in [3.8, 4) is 10.4 Å². The Labute approximate surface area is 173 Å². The van der Waals surface area contributed by atoms with Gasteiger partial charge in [-0.3, -0.25) is 0 Å². The molecule has 0 aliphatic carbocycles. The van der Waals surface area contributed by atoms with Crippen LogP contribution in [-0.2, 0) is 19.0 Å². The third-order valence-electron chi connectivity index (χ3n) is 4.08. The second-order valence-electron chi connectivity index (χ2n) is 6.43. The number of thiazole rings is 1. The van der Waals surface area contributed by atoms with E-state index in [0.717, 1.165) is 33.3 Å². The van der Waals surface area contributed by atoms with E-state index in [9.17, 15) is 13.2 Å². The van der Waals surface area contributed by atoms with Crippen molar-refractivity contribution in [3.05, 3.63) is 65.2 Å². The number of hydrogen-bond donors (Lipinski definition) is 1. The van der Waals surface area contributed by atoms with Gasteiger partial charge in [0.2, 0.25) is 18.2 Å². The van der Waals surface area contributed by atoms with Crippen LogP contribution in [0.25, 0.3) is 10.4 Å². The standard InChI is InChI=1S/C19H15F3N6OS/c1-11-6-12(14-9-24-17(30-14)3-2-16-28-25-10-29-16)8-13(7-11)26-18-23-5-4-15(27-18)19(20,21)22/h4-10H,2-3H2,1H3,(H,23,26,27). The fourth-order valence-corrected chi connectivity index (χ4v) is 3.69. The van der Waals surface area contributed by atoms with Crippen molar-refractivity contribution in [3.63, 3.8) is 0 Å². The highest BCUT2D eigenvalue weighted by atomic mass is 32.1. The summed E-state index contributed by atoms with van der Waals surface area (Å²) in [6.45, 7) is 1.90. The van der Waals surface area contributed by atoms with Gasteiger partial charge < -0.3 is 9.73 Å². The molecule has 0 radical (unpaired) electrons. The summed E-state index contributed by atoms with van der Waals surface area (Å²) in [4.78, 5) is 12.8. The van der Waals surface area contributed by atoms with Crippen molar-refractivity contribution in [2.45, 2.75) is 25.9 Å². The highest BCUT2D eigenvalue weighted by molar-refractivity contribution is 7.15. The first kappa shape index (κ1) is 20.0. The van der Waals surface area contributed by atoms with Gasteiger partial charge in [-0.1, -0.05) is 6.07 Å². The lowest BCUT2D eigenvalue weighted by molar-refractivity contribution is -0.141. The van der Waals surface area contributed by atoms with E-state index in [0.29, 0.717) is 24.4 Å². The molecule has 0 fully saturated rings. The Morgan fingerprint density at radius 3 is 2.77 bits per heavy atom. The maximum absolute atomic E-state index is 12.9. The monoisotopic (exact) mass is 432 g/mol. The summed E-state index contributed by atoms with van der Waals surface area (Å²) in [5, 5.41) is 11.3. The number of benzene rings is 1. The van der Waals surface area contributed by atoms with Crippen LogP contribution < -0.4 is 5.32 Å². The van der Waals surface area contributed by atoms with Gasteiger partial charge in [-0.15, -0.1) is 21.5 Å². The minimum absolute atomic E-state index is 0.120. The molecule has 30 heavy (non-hydrogen) atoms. The average Bonchev–Trinajstić information content (AvgIpc) is 3.37. The third-order valence-corrected chi connectivity index (χ3v) is 5.18. The summed E-state index contributed by atoms with van der Waals surface area (Å²) >= 11 is 1.53. The number of nitrogens with one attached hydrogen (secondary N) is 1. The normalized spacial score (nSPS) is 11.6. The Kier molecular flexibility index (Phi) is 5.44. The molecule has 4 aromatic rings. The van der Waals surface area contributed by atoms with Crippen molar-refractivity contribution < 1.29 is 17.6 Å². The van der Waals surface area contributed by atoms with Crippen LogP contribution >= 0.6 is 11.3 Å². The number of aryl methyl sites for hydroxylation is 3. The summed E-state index contributed by atoms with van der Waals surface area (Å²) in [5.41, 5.74) is 1.42. The highest BCUT2D eigenvalue weighted by Crippen LogP contribution is 2.31. The average molecular weight is 432 g/mol. The van der Waals surface area contributed by atoms with Gasteiger partial charge in [-0.2, -0.15) is 13.2 Å². The quantitative estimate of drug-likeness (QED) is 0.466. The first-order chi connectivity index (χ1) is 14.4. The molecule has 0 aliphatic rings. The summed E-state index contributed by atoms with van der Waals surface area (Å²) in [7, 11) is 0. The SMILES string of the molecule is Cc1cc(Nc2nccc(C(F)(F)F)n2)cc(-c2cnc(CCc3nnco3)s2)c1. The van der Waals surface area contributed by atoms with Gasteiger partial charge in [-0.05, 0) is 36.2 Å². The van der Waals surface area contributed by atoms with E-state index in [2.05, 4.69) is 30.5 Å². The second-order valence-corrected chi connectivity index (χ2v) is 7.54. The topological polar surface area (TPSA) is 89.6 Å². The smallest absolute Gasteiger partial charge is 0.428 e. The number of aromatic nitrogens is 5. The molecular weight excluding hydrogens is 417 g/mol. The van der Waals surface area contributed by atoms with Crippen molar-refractivity contribution in [1.29, 1.82) is 0 Å². The van der Waals surface area contributed by atoms with Gasteiger partial charge in [0.1, 0.15) is 5.69 Å². The lowest BCUT2D eigenvalue weighted by atomic mass is 10.1. The molecule has 0 bridgehead atoms. The minimum Gasteiger partial charge on any atom is -0.428 e. The molecular formula is C19H15F3N6OS. The molecule has 4 rings (SSSR count). The third kappa shape index (κ3) is 4.79. The van der Waals surface area contributed by atoms with Gasteiger partial charge in [0.05, 0.1) is 9.88 Å². The van der Waals surface area contributed by atoms with Crippen molar-refractivity contribution in [2.24, 2.45) is 0 Å². The Morgan fingerprint density at radius 1 is 1.13 bits per heavy atom. The predicted octanol–water partition coefficient (Wildman–Crippen LogP) is 4.84. The fraction of sp³-hybridized carbons (Fsp3) is 0.211. The fourth-order valence-electron chi connectivity index (χ4n) is 2.78. The lowest BCUT2D eigenvalue weighted by Crippen LogP contribution is -2.10. The number of anilines is 2. The van der Waals surface area contributed by atoms with Gasteiger partial charge in [0.25, 0.3) is 0 Å². The van der Waals surface area contributed by atoms with Crippen LogP contribution in [0.5, 0.6) is 0 Å². The van der Waals surface area contributed by atoms with E-state index >= 15 is 0 Å².